The van der Waals surface area contributed by atoms with E-state index >= 15 is 0 Å². The van der Waals surface area contributed by atoms with Crippen molar-refractivity contribution >= 4 is 5.97 Å². The summed E-state index contributed by atoms with van der Waals surface area (Å²) < 4.78 is 6.15. The van der Waals surface area contributed by atoms with Gasteiger partial charge in [0.1, 0.15) is 0 Å². The van der Waals surface area contributed by atoms with Gasteiger partial charge in [0.25, 0.3) is 0 Å². The van der Waals surface area contributed by atoms with E-state index in [1.54, 1.807) is 0 Å². The van der Waals surface area contributed by atoms with Crippen molar-refractivity contribution in [3.63, 3.8) is 0 Å². The molecule has 1 fully saturated rings. The molecule has 0 aromatic rings. The van der Waals surface area contributed by atoms with Crippen LogP contribution in [0.25, 0.3) is 0 Å². The summed E-state index contributed by atoms with van der Waals surface area (Å²) in [5, 5.41) is 8.79. The monoisotopic (exact) mass is 358 g/mol. The van der Waals surface area contributed by atoms with Crippen molar-refractivity contribution in [2.75, 3.05) is 6.61 Å². The minimum absolute atomic E-state index is 0.227. The molecule has 0 saturated heterocycles. The highest BCUT2D eigenvalue weighted by Gasteiger charge is 2.38. The number of ether oxygens (including phenoxy) is 1. The summed E-state index contributed by atoms with van der Waals surface area (Å²) in [6, 6.07) is 0. The second-order valence-electron chi connectivity index (χ2n) is 9.31. The molecule has 3 aliphatic rings. The van der Waals surface area contributed by atoms with E-state index in [-0.39, 0.29) is 6.42 Å². The maximum absolute atomic E-state index is 10.7. The van der Waals surface area contributed by atoms with Gasteiger partial charge >= 0.3 is 5.97 Å². The van der Waals surface area contributed by atoms with E-state index in [0.29, 0.717) is 23.2 Å². The molecule has 0 bridgehead atoms. The molecule has 3 nitrogen and oxygen atoms in total. The fourth-order valence-electron chi connectivity index (χ4n) is 4.66. The SMILES string of the molecule is CC1(C)C=CC2(CCC[C@@H](COC3=CC=C(CCC(=O)O)CC3)C2)CC1. The van der Waals surface area contributed by atoms with Crippen LogP contribution in [-0.2, 0) is 9.53 Å². The first-order valence-electron chi connectivity index (χ1n) is 10.3. The molecule has 3 aliphatic carbocycles. The number of aliphatic carboxylic acids is 1. The smallest absolute Gasteiger partial charge is 0.303 e. The number of carbonyl (C=O) groups is 1. The number of allylic oxidation sites excluding steroid dienone is 6. The van der Waals surface area contributed by atoms with Crippen molar-refractivity contribution in [2.24, 2.45) is 16.7 Å². The summed E-state index contributed by atoms with van der Waals surface area (Å²) in [6.45, 7) is 5.52. The van der Waals surface area contributed by atoms with Gasteiger partial charge in [-0.25, -0.2) is 0 Å². The largest absolute Gasteiger partial charge is 0.498 e. The zero-order valence-electron chi connectivity index (χ0n) is 16.4. The Balaban J connectivity index is 1.49. The molecule has 0 aromatic carbocycles. The Labute approximate surface area is 158 Å². The fourth-order valence-corrected chi connectivity index (χ4v) is 4.66. The van der Waals surface area contributed by atoms with Crippen LogP contribution in [0.4, 0.5) is 0 Å². The number of hydrogen-bond acceptors (Lipinski definition) is 2. The van der Waals surface area contributed by atoms with Crippen LogP contribution in [0.5, 0.6) is 0 Å². The van der Waals surface area contributed by atoms with Gasteiger partial charge in [-0.1, -0.05) is 44.1 Å². The lowest BCUT2D eigenvalue weighted by atomic mass is 9.62. The first kappa shape index (κ1) is 19.3. The Morgan fingerprint density at radius 3 is 2.69 bits per heavy atom. The summed E-state index contributed by atoms with van der Waals surface area (Å²) >= 11 is 0. The summed E-state index contributed by atoms with van der Waals surface area (Å²) in [7, 11) is 0. The Hall–Kier alpha value is -1.51. The highest BCUT2D eigenvalue weighted by Crippen LogP contribution is 2.49. The molecule has 1 unspecified atom stereocenters. The second kappa shape index (κ2) is 8.02. The molecule has 3 heteroatoms. The van der Waals surface area contributed by atoms with Gasteiger partial charge in [-0.2, -0.15) is 0 Å². The van der Waals surface area contributed by atoms with Gasteiger partial charge in [-0.05, 0) is 67.8 Å². The molecule has 0 aliphatic heterocycles. The Kier molecular flexibility index (Phi) is 5.94. The molecule has 26 heavy (non-hydrogen) atoms. The van der Waals surface area contributed by atoms with E-state index in [1.807, 2.05) is 0 Å². The lowest BCUT2D eigenvalue weighted by Gasteiger charge is -2.44. The molecule has 0 radical (unpaired) electrons. The van der Waals surface area contributed by atoms with Crippen LogP contribution in [-0.4, -0.2) is 17.7 Å². The lowest BCUT2D eigenvalue weighted by molar-refractivity contribution is -0.136. The molecular formula is C23H34O3. The summed E-state index contributed by atoms with van der Waals surface area (Å²) in [6.07, 6.45) is 19.7. The highest BCUT2D eigenvalue weighted by molar-refractivity contribution is 5.67. The standard InChI is InChI=1S/C23H34O3/c1-22(2)12-14-23(15-13-22)11-3-4-19(16-23)17-26-20-8-5-18(6-9-20)7-10-21(24)25/h5,8,12,14,19H,3-4,6-7,9-11,13,15-17H2,1-2H3,(H,24,25)/t19-,23?/m1/s1. The van der Waals surface area contributed by atoms with Crippen LogP contribution in [0.2, 0.25) is 0 Å². The number of carboxylic acids is 1. The Morgan fingerprint density at radius 2 is 2.04 bits per heavy atom. The van der Waals surface area contributed by atoms with E-state index in [9.17, 15) is 4.79 Å². The van der Waals surface area contributed by atoms with Crippen LogP contribution in [0.3, 0.4) is 0 Å². The van der Waals surface area contributed by atoms with Gasteiger partial charge in [0.15, 0.2) is 0 Å². The summed E-state index contributed by atoms with van der Waals surface area (Å²) in [5.74, 6) is 1.01. The molecule has 1 saturated carbocycles. The number of rotatable bonds is 6. The average molecular weight is 359 g/mol. The fraction of sp³-hybridized carbons (Fsp3) is 0.696. The zero-order chi connectivity index (χ0) is 18.6. The number of hydrogen-bond donors (Lipinski definition) is 1. The maximum Gasteiger partial charge on any atom is 0.303 e. The Morgan fingerprint density at radius 1 is 1.19 bits per heavy atom. The predicted molar refractivity (Wildman–Crippen MR) is 105 cm³/mol. The van der Waals surface area contributed by atoms with Crippen molar-refractivity contribution in [2.45, 2.75) is 78.1 Å². The van der Waals surface area contributed by atoms with Crippen molar-refractivity contribution < 1.29 is 14.6 Å². The van der Waals surface area contributed by atoms with Crippen LogP contribution in [0.1, 0.15) is 78.1 Å². The van der Waals surface area contributed by atoms with Crippen molar-refractivity contribution in [1.29, 1.82) is 0 Å². The van der Waals surface area contributed by atoms with E-state index in [0.717, 1.165) is 25.2 Å². The molecule has 3 rings (SSSR count). The van der Waals surface area contributed by atoms with E-state index in [4.69, 9.17) is 9.84 Å². The third-order valence-electron chi connectivity index (χ3n) is 6.50. The van der Waals surface area contributed by atoms with Gasteiger partial charge in [-0.15, -0.1) is 0 Å². The normalized spacial score (nSPS) is 30.6. The minimum Gasteiger partial charge on any atom is -0.498 e. The topological polar surface area (TPSA) is 46.5 Å². The molecular weight excluding hydrogens is 324 g/mol. The van der Waals surface area contributed by atoms with Gasteiger partial charge in [0, 0.05) is 12.8 Å². The van der Waals surface area contributed by atoms with Gasteiger partial charge in [0.05, 0.1) is 12.4 Å². The molecule has 2 atom stereocenters. The van der Waals surface area contributed by atoms with Gasteiger partial charge in [-0.3, -0.25) is 4.79 Å². The highest BCUT2D eigenvalue weighted by atomic mass is 16.5. The Bertz CT molecular complexity index is 611. The molecule has 144 valence electrons. The molecule has 0 aromatic heterocycles. The van der Waals surface area contributed by atoms with E-state index < -0.39 is 5.97 Å². The molecule has 0 amide bonds. The first-order chi connectivity index (χ1) is 12.4. The first-order valence-corrected chi connectivity index (χ1v) is 10.3. The minimum atomic E-state index is -0.719. The van der Waals surface area contributed by atoms with Crippen molar-refractivity contribution in [3.05, 3.63) is 35.6 Å². The van der Waals surface area contributed by atoms with Crippen LogP contribution in [0.15, 0.2) is 35.6 Å². The summed E-state index contributed by atoms with van der Waals surface area (Å²) in [5.41, 5.74) is 2.02. The van der Waals surface area contributed by atoms with Gasteiger partial charge in [0.2, 0.25) is 0 Å². The van der Waals surface area contributed by atoms with Crippen molar-refractivity contribution in [1.82, 2.24) is 0 Å². The molecule has 1 spiro atoms. The third-order valence-corrected chi connectivity index (χ3v) is 6.50. The number of carboxylic acid groups (broad SMARTS) is 1. The summed E-state index contributed by atoms with van der Waals surface area (Å²) in [4.78, 5) is 10.7. The van der Waals surface area contributed by atoms with Crippen LogP contribution < -0.4 is 0 Å². The average Bonchev–Trinajstić information content (AvgIpc) is 2.62. The second-order valence-corrected chi connectivity index (χ2v) is 9.31. The lowest BCUT2D eigenvalue weighted by Crippen LogP contribution is -2.33. The molecule has 0 heterocycles. The van der Waals surface area contributed by atoms with E-state index in [2.05, 4.69) is 38.2 Å². The molecule has 1 N–H and O–H groups in total. The van der Waals surface area contributed by atoms with E-state index in [1.165, 1.54) is 44.1 Å². The van der Waals surface area contributed by atoms with Crippen LogP contribution >= 0.6 is 0 Å². The van der Waals surface area contributed by atoms with Crippen LogP contribution in [0, 0.1) is 16.7 Å². The van der Waals surface area contributed by atoms with Crippen molar-refractivity contribution in [3.8, 4) is 0 Å². The quantitative estimate of drug-likeness (QED) is 0.590. The third kappa shape index (κ3) is 5.25. The van der Waals surface area contributed by atoms with Gasteiger partial charge < -0.3 is 9.84 Å². The maximum atomic E-state index is 10.7. The predicted octanol–water partition coefficient (Wildman–Crippen LogP) is 6.02. The zero-order valence-corrected chi connectivity index (χ0v) is 16.4.